The van der Waals surface area contributed by atoms with Crippen molar-refractivity contribution in [3.63, 3.8) is 0 Å². The number of rotatable bonds is 4. The number of anilines is 1. The lowest BCUT2D eigenvalue weighted by Crippen LogP contribution is -2.20. The summed E-state index contributed by atoms with van der Waals surface area (Å²) in [6, 6.07) is 11.7. The topological polar surface area (TPSA) is 91.4 Å². The average Bonchev–Trinajstić information content (AvgIpc) is 3.46. The van der Waals surface area contributed by atoms with Crippen LogP contribution in [0.1, 0.15) is 30.4 Å². The van der Waals surface area contributed by atoms with Gasteiger partial charge in [0.1, 0.15) is 0 Å². The Hall–Kier alpha value is -3.94. The molecule has 0 radical (unpaired) electrons. The highest BCUT2D eigenvalue weighted by atomic mass is 19.1. The average molecular weight is 402 g/mol. The van der Waals surface area contributed by atoms with Gasteiger partial charge in [-0.1, -0.05) is 12.1 Å². The number of aromatic amines is 2. The van der Waals surface area contributed by atoms with Crippen LogP contribution in [-0.4, -0.2) is 30.9 Å². The zero-order chi connectivity index (χ0) is 20.8. The first-order valence-electron chi connectivity index (χ1n) is 9.61. The summed E-state index contributed by atoms with van der Waals surface area (Å²) in [5.74, 6) is -1.21. The molecule has 0 atom stereocenters. The van der Waals surface area contributed by atoms with Crippen LogP contribution in [0.5, 0.6) is 0 Å². The lowest BCUT2D eigenvalue weighted by molar-refractivity contribution is 0.101. The normalized spacial score (nSPS) is 11.6. The van der Waals surface area contributed by atoms with Crippen molar-refractivity contribution in [2.75, 3.05) is 5.32 Å². The maximum Gasteiger partial charge on any atom is 0.277 e. The first-order valence-corrected chi connectivity index (χ1v) is 9.61. The molecule has 0 aliphatic carbocycles. The molecule has 8 heteroatoms. The van der Waals surface area contributed by atoms with Crippen LogP contribution >= 0.6 is 0 Å². The van der Waals surface area contributed by atoms with Gasteiger partial charge < -0.3 is 10.3 Å². The first-order chi connectivity index (χ1) is 14.5. The van der Waals surface area contributed by atoms with Crippen molar-refractivity contribution >= 4 is 33.4 Å². The summed E-state index contributed by atoms with van der Waals surface area (Å²) in [5.41, 5.74) is 4.16. The molecule has 0 aliphatic rings. The highest BCUT2D eigenvalue weighted by Crippen LogP contribution is 2.34. The summed E-state index contributed by atoms with van der Waals surface area (Å²) < 4.78 is 15.7. The lowest BCUT2D eigenvalue weighted by atomic mass is 9.99. The van der Waals surface area contributed by atoms with Gasteiger partial charge in [-0.05, 0) is 49.2 Å². The molecule has 0 aliphatic heterocycles. The fourth-order valence-electron chi connectivity index (χ4n) is 3.77. The van der Waals surface area contributed by atoms with Crippen molar-refractivity contribution in [2.24, 2.45) is 0 Å². The van der Waals surface area contributed by atoms with Gasteiger partial charge in [0.2, 0.25) is 0 Å². The van der Waals surface area contributed by atoms with Gasteiger partial charge in [0.25, 0.3) is 5.91 Å². The highest BCUT2D eigenvalue weighted by molar-refractivity contribution is 6.09. The zero-order valence-corrected chi connectivity index (χ0v) is 16.4. The van der Waals surface area contributed by atoms with Crippen LogP contribution in [-0.2, 0) is 0 Å². The third-order valence-electron chi connectivity index (χ3n) is 5.17. The number of aromatic nitrogens is 5. The van der Waals surface area contributed by atoms with Gasteiger partial charge in [0.15, 0.2) is 11.5 Å². The molecule has 2 aromatic carbocycles. The van der Waals surface area contributed by atoms with E-state index >= 15 is 0 Å². The van der Waals surface area contributed by atoms with Crippen LogP contribution in [0.15, 0.2) is 55.0 Å². The van der Waals surface area contributed by atoms with Gasteiger partial charge in [-0.2, -0.15) is 10.2 Å². The molecular weight excluding hydrogens is 383 g/mol. The smallest absolute Gasteiger partial charge is 0.277 e. The summed E-state index contributed by atoms with van der Waals surface area (Å²) in [7, 11) is 0. The van der Waals surface area contributed by atoms with E-state index in [0.29, 0.717) is 5.69 Å². The predicted octanol–water partition coefficient (Wildman–Crippen LogP) is 4.88. The number of nitrogens with one attached hydrogen (secondary N) is 3. The van der Waals surface area contributed by atoms with Gasteiger partial charge in [-0.3, -0.25) is 14.6 Å². The third-order valence-corrected chi connectivity index (χ3v) is 5.17. The van der Waals surface area contributed by atoms with E-state index in [9.17, 15) is 9.18 Å². The monoisotopic (exact) mass is 402 g/mol. The number of halogens is 1. The van der Waals surface area contributed by atoms with E-state index in [0.717, 1.165) is 39.1 Å². The fraction of sp³-hybridized carbons (Fsp3) is 0.136. The number of benzene rings is 2. The molecule has 30 heavy (non-hydrogen) atoms. The highest BCUT2D eigenvalue weighted by Gasteiger charge is 2.22. The second kappa shape index (κ2) is 6.84. The quantitative estimate of drug-likeness (QED) is 0.400. The second-order valence-electron chi connectivity index (χ2n) is 7.43. The van der Waals surface area contributed by atoms with Gasteiger partial charge in [-0.25, -0.2) is 4.39 Å². The number of carbonyl (C=O) groups is 1. The van der Waals surface area contributed by atoms with Crippen LogP contribution in [0.4, 0.5) is 10.1 Å². The standard InChI is InChI=1S/C22H19FN6O/c1-12(2)29-21(17(23)11-26-29)22(30)27-19-8-13(9-20-16(19)10-25-28-20)14-4-3-5-18-15(14)6-7-24-18/h3-12,24H,1-2H3,(H,25,28)(H,27,30). The SMILES string of the molecule is CC(C)n1ncc(F)c1C(=O)Nc1cc(-c2cccc3[nH]ccc23)cc2[nH]ncc12. The van der Waals surface area contributed by atoms with E-state index in [1.807, 2.05) is 56.4 Å². The van der Waals surface area contributed by atoms with E-state index in [2.05, 4.69) is 25.6 Å². The first kappa shape index (κ1) is 18.1. The minimum atomic E-state index is -0.655. The Bertz CT molecular complexity index is 1390. The number of carbonyl (C=O) groups excluding carboxylic acids is 1. The third kappa shape index (κ3) is 2.85. The molecular formula is C22H19FN6O. The minimum Gasteiger partial charge on any atom is -0.361 e. The molecule has 1 amide bonds. The number of H-pyrrole nitrogens is 2. The Balaban J connectivity index is 1.62. The summed E-state index contributed by atoms with van der Waals surface area (Å²) >= 11 is 0. The second-order valence-corrected chi connectivity index (χ2v) is 7.43. The Kier molecular flexibility index (Phi) is 4.13. The molecule has 7 nitrogen and oxygen atoms in total. The van der Waals surface area contributed by atoms with Crippen LogP contribution in [0, 0.1) is 5.82 Å². The Morgan fingerprint density at radius 2 is 2.00 bits per heavy atom. The van der Waals surface area contributed by atoms with Crippen molar-refractivity contribution in [3.05, 3.63) is 66.5 Å². The van der Waals surface area contributed by atoms with Crippen LogP contribution in [0.2, 0.25) is 0 Å². The Morgan fingerprint density at radius 3 is 2.83 bits per heavy atom. The van der Waals surface area contributed by atoms with E-state index in [1.54, 1.807) is 6.20 Å². The van der Waals surface area contributed by atoms with Crippen molar-refractivity contribution < 1.29 is 9.18 Å². The molecule has 150 valence electrons. The van der Waals surface area contributed by atoms with Gasteiger partial charge in [-0.15, -0.1) is 0 Å². The zero-order valence-electron chi connectivity index (χ0n) is 16.4. The van der Waals surface area contributed by atoms with E-state index in [1.165, 1.54) is 4.68 Å². The predicted molar refractivity (Wildman–Crippen MR) is 114 cm³/mol. The van der Waals surface area contributed by atoms with Gasteiger partial charge in [0, 0.05) is 28.5 Å². The van der Waals surface area contributed by atoms with Crippen LogP contribution in [0.25, 0.3) is 32.9 Å². The molecule has 0 saturated heterocycles. The molecule has 0 bridgehead atoms. The number of hydrogen-bond donors (Lipinski definition) is 3. The summed E-state index contributed by atoms with van der Waals surface area (Å²) in [4.78, 5) is 16.2. The summed E-state index contributed by atoms with van der Waals surface area (Å²) in [5, 5.41) is 15.7. The molecule has 0 unspecified atom stereocenters. The van der Waals surface area contributed by atoms with Crippen molar-refractivity contribution in [1.29, 1.82) is 0 Å². The molecule has 5 aromatic rings. The van der Waals surface area contributed by atoms with Gasteiger partial charge >= 0.3 is 0 Å². The van der Waals surface area contributed by atoms with E-state index < -0.39 is 11.7 Å². The van der Waals surface area contributed by atoms with Crippen LogP contribution < -0.4 is 5.32 Å². The van der Waals surface area contributed by atoms with Gasteiger partial charge in [0.05, 0.1) is 23.6 Å². The lowest BCUT2D eigenvalue weighted by Gasteiger charge is -2.13. The number of nitrogens with zero attached hydrogens (tertiary/aromatic N) is 3. The largest absolute Gasteiger partial charge is 0.361 e. The number of hydrogen-bond acceptors (Lipinski definition) is 3. The fourth-order valence-corrected chi connectivity index (χ4v) is 3.77. The Morgan fingerprint density at radius 1 is 1.13 bits per heavy atom. The Labute approximate surface area is 170 Å². The van der Waals surface area contributed by atoms with E-state index in [-0.39, 0.29) is 11.7 Å². The maximum atomic E-state index is 14.3. The van der Waals surface area contributed by atoms with Crippen LogP contribution in [0.3, 0.4) is 0 Å². The molecule has 5 rings (SSSR count). The molecule has 3 aromatic heterocycles. The molecule has 0 spiro atoms. The number of amides is 1. The van der Waals surface area contributed by atoms with Crippen molar-refractivity contribution in [1.82, 2.24) is 25.0 Å². The number of fused-ring (bicyclic) bond motifs is 2. The van der Waals surface area contributed by atoms with E-state index in [4.69, 9.17) is 0 Å². The summed E-state index contributed by atoms with van der Waals surface area (Å²) in [6.07, 6.45) is 4.59. The molecule has 0 fully saturated rings. The molecule has 3 heterocycles. The van der Waals surface area contributed by atoms with Crippen molar-refractivity contribution in [2.45, 2.75) is 19.9 Å². The molecule has 0 saturated carbocycles. The minimum absolute atomic E-state index is 0.0974. The van der Waals surface area contributed by atoms with Crippen molar-refractivity contribution in [3.8, 4) is 11.1 Å². The summed E-state index contributed by atoms with van der Waals surface area (Å²) in [6.45, 7) is 3.69. The molecule has 3 N–H and O–H groups in total. The maximum absolute atomic E-state index is 14.3.